The molecule has 192 valence electrons. The maximum Gasteiger partial charge on any atom is 0.419 e. The van der Waals surface area contributed by atoms with Crippen LogP contribution in [0.25, 0.3) is 0 Å². The molecule has 3 rings (SSSR count). The van der Waals surface area contributed by atoms with E-state index in [9.17, 15) is 23.1 Å². The molecule has 2 aromatic rings. The smallest absolute Gasteiger partial charge is 0.419 e. The van der Waals surface area contributed by atoms with Crippen LogP contribution in [0.5, 0.6) is 5.75 Å². The monoisotopic (exact) mass is 495 g/mol. The lowest BCUT2D eigenvalue weighted by Crippen LogP contribution is -2.61. The summed E-state index contributed by atoms with van der Waals surface area (Å²) in [6.45, 7) is 5.69. The average molecular weight is 496 g/mol. The summed E-state index contributed by atoms with van der Waals surface area (Å²) < 4.78 is 58.2. The first-order chi connectivity index (χ1) is 16.4. The van der Waals surface area contributed by atoms with Crippen molar-refractivity contribution in [3.63, 3.8) is 0 Å². The van der Waals surface area contributed by atoms with E-state index < -0.39 is 29.2 Å². The molecule has 1 fully saturated rings. The van der Waals surface area contributed by atoms with E-state index in [1.807, 2.05) is 37.3 Å². The molecule has 9 heteroatoms. The second kappa shape index (κ2) is 10.9. The predicted octanol–water partition coefficient (Wildman–Crippen LogP) is 6.00. The molecule has 1 unspecified atom stereocenters. The number of hydrogen-bond donors (Lipinski definition) is 2. The van der Waals surface area contributed by atoms with Crippen LogP contribution in [0.3, 0.4) is 0 Å². The van der Waals surface area contributed by atoms with Crippen molar-refractivity contribution in [1.82, 2.24) is 5.32 Å². The van der Waals surface area contributed by atoms with Gasteiger partial charge in [-0.2, -0.15) is 13.2 Å². The lowest BCUT2D eigenvalue weighted by Gasteiger charge is -2.43. The van der Waals surface area contributed by atoms with Gasteiger partial charge in [0.2, 0.25) is 0 Å². The number of nitrogens with one attached hydrogen (secondary N) is 1. The third-order valence-corrected chi connectivity index (χ3v) is 6.18. The van der Waals surface area contributed by atoms with Gasteiger partial charge in [-0.3, -0.25) is 0 Å². The Morgan fingerprint density at radius 3 is 2.40 bits per heavy atom. The lowest BCUT2D eigenvalue weighted by atomic mass is 9.91. The van der Waals surface area contributed by atoms with Crippen LogP contribution in [0.15, 0.2) is 48.5 Å². The second-order valence-corrected chi connectivity index (χ2v) is 9.46. The van der Waals surface area contributed by atoms with E-state index >= 15 is 0 Å². The van der Waals surface area contributed by atoms with Crippen molar-refractivity contribution in [1.29, 1.82) is 0 Å². The quantitative estimate of drug-likeness (QED) is 0.446. The molecule has 35 heavy (non-hydrogen) atoms. The summed E-state index contributed by atoms with van der Waals surface area (Å²) in [5.74, 6) is -0.928. The van der Waals surface area contributed by atoms with Gasteiger partial charge < -0.3 is 24.6 Å². The van der Waals surface area contributed by atoms with E-state index in [0.717, 1.165) is 11.6 Å². The van der Waals surface area contributed by atoms with Crippen LogP contribution in [0.4, 0.5) is 18.0 Å². The number of rotatable bonds is 9. The van der Waals surface area contributed by atoms with E-state index in [1.165, 1.54) is 6.07 Å². The third-order valence-electron chi connectivity index (χ3n) is 6.18. The van der Waals surface area contributed by atoms with Crippen LogP contribution in [0, 0.1) is 0 Å². The maximum atomic E-state index is 13.8. The number of carbonyl (C=O) groups is 1. The van der Waals surface area contributed by atoms with E-state index in [0.29, 0.717) is 12.0 Å². The second-order valence-electron chi connectivity index (χ2n) is 9.46. The highest BCUT2D eigenvalue weighted by atomic mass is 19.4. The van der Waals surface area contributed by atoms with Crippen LogP contribution in [-0.2, 0) is 22.1 Å². The number of hydrogen-bond acceptors (Lipinski definition) is 4. The Balaban J connectivity index is 1.68. The largest absolute Gasteiger partial charge is 0.493 e. The minimum Gasteiger partial charge on any atom is -0.493 e. The van der Waals surface area contributed by atoms with Gasteiger partial charge in [0.05, 0.1) is 30.9 Å². The van der Waals surface area contributed by atoms with Gasteiger partial charge in [-0.1, -0.05) is 43.3 Å². The molecule has 2 aromatic carbocycles. The van der Waals surface area contributed by atoms with Gasteiger partial charge in [-0.15, -0.1) is 0 Å². The molecule has 1 saturated heterocycles. The highest BCUT2D eigenvalue weighted by Gasteiger charge is 2.41. The first kappa shape index (κ1) is 26.8. The molecule has 1 atom stereocenters. The summed E-state index contributed by atoms with van der Waals surface area (Å²) in [6, 6.07) is 13.7. The summed E-state index contributed by atoms with van der Waals surface area (Å²) in [7, 11) is 0. The zero-order valence-corrected chi connectivity index (χ0v) is 20.2. The van der Waals surface area contributed by atoms with Crippen molar-refractivity contribution in [2.24, 2.45) is 0 Å². The fourth-order valence-electron chi connectivity index (χ4n) is 3.97. The van der Waals surface area contributed by atoms with Crippen molar-refractivity contribution >= 4 is 6.09 Å². The van der Waals surface area contributed by atoms with E-state index in [4.69, 9.17) is 14.2 Å². The summed E-state index contributed by atoms with van der Waals surface area (Å²) >= 11 is 0. The number of halogens is 3. The Labute approximate surface area is 203 Å². The highest BCUT2D eigenvalue weighted by molar-refractivity contribution is 5.65. The summed E-state index contributed by atoms with van der Waals surface area (Å²) in [5.41, 5.74) is -0.383. The van der Waals surface area contributed by atoms with Crippen LogP contribution in [0.2, 0.25) is 0 Å². The standard InChI is InChI=1S/C26H32F3NO5/c1-18(20-7-5-4-6-8-20)12-14-33-22-10-9-19(15-21(22)26(27,28)29)11-13-25(30-23(31)32)16-34-24(2,3)35-17-25/h4-10,15,18,30H,11-14,16-17H2,1-3H3,(H,31,32). The molecule has 1 aliphatic heterocycles. The Morgan fingerprint density at radius 2 is 1.80 bits per heavy atom. The molecule has 0 aromatic heterocycles. The minimum atomic E-state index is -4.59. The van der Waals surface area contributed by atoms with E-state index in [2.05, 4.69) is 5.32 Å². The van der Waals surface area contributed by atoms with Crippen molar-refractivity contribution in [3.8, 4) is 5.75 Å². The number of carboxylic acid groups (broad SMARTS) is 1. The average Bonchev–Trinajstić information content (AvgIpc) is 2.80. The van der Waals surface area contributed by atoms with Gasteiger partial charge >= 0.3 is 12.3 Å². The van der Waals surface area contributed by atoms with Crippen LogP contribution >= 0.6 is 0 Å². The van der Waals surface area contributed by atoms with Crippen LogP contribution in [-0.4, -0.2) is 42.3 Å². The number of benzene rings is 2. The van der Waals surface area contributed by atoms with Gasteiger partial charge in [0.25, 0.3) is 0 Å². The molecular weight excluding hydrogens is 463 g/mol. The number of amides is 1. The first-order valence-electron chi connectivity index (χ1n) is 11.6. The molecule has 6 nitrogen and oxygen atoms in total. The Bertz CT molecular complexity index is 984. The normalized spacial score (nSPS) is 18.0. The van der Waals surface area contributed by atoms with E-state index in [-0.39, 0.29) is 44.3 Å². The van der Waals surface area contributed by atoms with Crippen LogP contribution in [0.1, 0.15) is 56.2 Å². The molecule has 0 spiro atoms. The summed E-state index contributed by atoms with van der Waals surface area (Å²) in [6.07, 6.45) is -4.86. The first-order valence-corrected chi connectivity index (χ1v) is 11.6. The Morgan fingerprint density at radius 1 is 1.14 bits per heavy atom. The zero-order chi connectivity index (χ0) is 25.7. The summed E-state index contributed by atoms with van der Waals surface area (Å²) in [4.78, 5) is 11.3. The predicted molar refractivity (Wildman–Crippen MR) is 125 cm³/mol. The van der Waals surface area contributed by atoms with Crippen molar-refractivity contribution in [3.05, 3.63) is 65.2 Å². The van der Waals surface area contributed by atoms with Crippen molar-refractivity contribution < 1.29 is 37.3 Å². The third kappa shape index (κ3) is 7.60. The molecule has 0 bridgehead atoms. The molecule has 0 radical (unpaired) electrons. The van der Waals surface area contributed by atoms with Crippen molar-refractivity contribution in [2.75, 3.05) is 19.8 Å². The molecule has 0 aliphatic carbocycles. The molecule has 1 amide bonds. The van der Waals surface area contributed by atoms with Gasteiger partial charge in [-0.25, -0.2) is 4.79 Å². The molecule has 1 aliphatic rings. The van der Waals surface area contributed by atoms with E-state index in [1.54, 1.807) is 19.9 Å². The molecule has 2 N–H and O–H groups in total. The highest BCUT2D eigenvalue weighted by Crippen LogP contribution is 2.38. The fourth-order valence-corrected chi connectivity index (χ4v) is 3.97. The molecule has 1 heterocycles. The van der Waals surface area contributed by atoms with Gasteiger partial charge in [0.15, 0.2) is 5.79 Å². The van der Waals surface area contributed by atoms with Crippen LogP contribution < -0.4 is 10.1 Å². The SMILES string of the molecule is CC(CCOc1ccc(CCC2(NC(=O)O)COC(C)(C)OC2)cc1C(F)(F)F)c1ccccc1. The maximum absolute atomic E-state index is 13.8. The molecule has 0 saturated carbocycles. The minimum absolute atomic E-state index is 0.0548. The van der Waals surface area contributed by atoms with Gasteiger partial charge in [-0.05, 0) is 62.3 Å². The Hall–Kier alpha value is -2.78. The number of ether oxygens (including phenoxy) is 3. The Kier molecular flexibility index (Phi) is 8.33. The lowest BCUT2D eigenvalue weighted by molar-refractivity contribution is -0.271. The van der Waals surface area contributed by atoms with Gasteiger partial charge in [0.1, 0.15) is 5.75 Å². The number of aryl methyl sites for hydroxylation is 1. The van der Waals surface area contributed by atoms with Crippen molar-refractivity contribution in [2.45, 2.75) is 63.5 Å². The molecular formula is C26H32F3NO5. The fraction of sp³-hybridized carbons (Fsp3) is 0.500. The number of alkyl halides is 3. The topological polar surface area (TPSA) is 77.0 Å². The summed E-state index contributed by atoms with van der Waals surface area (Å²) in [5, 5.41) is 11.7. The zero-order valence-electron chi connectivity index (χ0n) is 20.2. The van der Waals surface area contributed by atoms with Gasteiger partial charge in [0, 0.05) is 0 Å².